The van der Waals surface area contributed by atoms with Crippen molar-refractivity contribution < 1.29 is 0 Å². The molecule has 0 amide bonds. The zero-order chi connectivity index (χ0) is 31.4. The molecule has 0 heterocycles. The maximum absolute atomic E-state index is 3.82. The van der Waals surface area contributed by atoms with Gasteiger partial charge in [-0.1, -0.05) is 155 Å². The van der Waals surface area contributed by atoms with Gasteiger partial charge in [0, 0.05) is 21.9 Å². The van der Waals surface area contributed by atoms with Gasteiger partial charge in [-0.25, -0.2) is 0 Å². The smallest absolute Gasteiger partial charge is 0.0412 e. The first-order chi connectivity index (χ1) is 22.4. The Morgan fingerprint density at radius 3 is 1.13 bits per heavy atom. The molecule has 0 saturated carbocycles. The van der Waals surface area contributed by atoms with Crippen molar-refractivity contribution in [2.45, 2.75) is 27.7 Å². The Kier molecular flexibility index (Phi) is 6.70. The SMILES string of the molecule is Cc1cc(C)cc(-c2cccc3cc4ccccc4c(C#Cc4c5ccccc5cc5cccc(-c6cc(C)cc(C)c6)c45)c23)c1. The van der Waals surface area contributed by atoms with E-state index >= 15 is 0 Å². The Bertz CT molecular complexity index is 2350. The van der Waals surface area contributed by atoms with Crippen molar-refractivity contribution in [2.24, 2.45) is 0 Å². The predicted octanol–water partition coefficient (Wildman–Crippen LogP) is 12.3. The molecule has 0 aromatic heterocycles. The summed E-state index contributed by atoms with van der Waals surface area (Å²) >= 11 is 0. The van der Waals surface area contributed by atoms with E-state index < -0.39 is 0 Å². The number of hydrogen-bond acceptors (Lipinski definition) is 0. The number of fused-ring (bicyclic) bond motifs is 4. The average molecular weight is 587 g/mol. The van der Waals surface area contributed by atoms with Crippen molar-refractivity contribution >= 4 is 43.1 Å². The molecular weight excluding hydrogens is 553 g/mol. The topological polar surface area (TPSA) is 0 Å². The van der Waals surface area contributed by atoms with Gasteiger partial charge < -0.3 is 0 Å². The summed E-state index contributed by atoms with van der Waals surface area (Å²) in [5, 5.41) is 9.59. The minimum Gasteiger partial charge on any atom is -0.0616 e. The molecule has 0 fully saturated rings. The van der Waals surface area contributed by atoms with Gasteiger partial charge in [-0.2, -0.15) is 0 Å². The van der Waals surface area contributed by atoms with Crippen LogP contribution in [0, 0.1) is 39.5 Å². The maximum atomic E-state index is 3.82. The summed E-state index contributed by atoms with van der Waals surface area (Å²) in [4.78, 5) is 0. The molecule has 8 aromatic carbocycles. The van der Waals surface area contributed by atoms with Crippen LogP contribution < -0.4 is 0 Å². The van der Waals surface area contributed by atoms with Crippen LogP contribution in [0.5, 0.6) is 0 Å². The van der Waals surface area contributed by atoms with Crippen molar-refractivity contribution in [1.29, 1.82) is 0 Å². The van der Waals surface area contributed by atoms with E-state index in [0.29, 0.717) is 0 Å². The summed E-state index contributed by atoms with van der Waals surface area (Å²) in [6.45, 7) is 8.71. The second kappa shape index (κ2) is 11.1. The first-order valence-corrected chi connectivity index (χ1v) is 16.0. The fourth-order valence-electron chi connectivity index (χ4n) is 7.37. The third-order valence-corrected chi connectivity index (χ3v) is 9.15. The highest BCUT2D eigenvalue weighted by atomic mass is 14.2. The van der Waals surface area contributed by atoms with E-state index in [4.69, 9.17) is 0 Å². The van der Waals surface area contributed by atoms with Crippen LogP contribution in [0.2, 0.25) is 0 Å². The van der Waals surface area contributed by atoms with Gasteiger partial charge in [-0.05, 0) is 94.4 Å². The lowest BCUT2D eigenvalue weighted by Crippen LogP contribution is -1.92. The van der Waals surface area contributed by atoms with E-state index in [1.54, 1.807) is 0 Å². The first-order valence-electron chi connectivity index (χ1n) is 16.0. The highest BCUT2D eigenvalue weighted by Crippen LogP contribution is 2.38. The number of hydrogen-bond donors (Lipinski definition) is 0. The first kappa shape index (κ1) is 27.9. The summed E-state index contributed by atoms with van der Waals surface area (Å²) in [5.74, 6) is 7.64. The highest BCUT2D eigenvalue weighted by molar-refractivity contribution is 6.13. The molecular formula is C46H34. The Labute approximate surface area is 271 Å². The molecule has 0 aliphatic carbocycles. The molecule has 8 aromatic rings. The van der Waals surface area contributed by atoms with Gasteiger partial charge in [-0.15, -0.1) is 0 Å². The van der Waals surface area contributed by atoms with Gasteiger partial charge in [-0.3, -0.25) is 0 Å². The van der Waals surface area contributed by atoms with Crippen LogP contribution in [0.4, 0.5) is 0 Å². The summed E-state index contributed by atoms with van der Waals surface area (Å²) in [6, 6.07) is 48.9. The molecule has 0 saturated heterocycles. The van der Waals surface area contributed by atoms with Crippen molar-refractivity contribution in [2.75, 3.05) is 0 Å². The normalized spacial score (nSPS) is 11.3. The summed E-state index contributed by atoms with van der Waals surface area (Å²) in [6.07, 6.45) is 0. The van der Waals surface area contributed by atoms with Crippen LogP contribution in [-0.2, 0) is 0 Å². The Morgan fingerprint density at radius 1 is 0.348 bits per heavy atom. The third-order valence-electron chi connectivity index (χ3n) is 9.15. The standard InChI is InChI=1S/C46H34/c1-29-21-30(2)24-37(23-29)41-17-9-13-35-27-33-11-5-7-15-39(33)43(45(35)41)19-20-44-40-16-8-6-12-34(40)28-36-14-10-18-42(46(36)44)38-25-31(3)22-32(4)26-38/h5-18,21-28H,1-4H3. The second-order valence-electron chi connectivity index (χ2n) is 12.8. The van der Waals surface area contributed by atoms with Crippen LogP contribution in [0.25, 0.3) is 65.3 Å². The van der Waals surface area contributed by atoms with E-state index in [9.17, 15) is 0 Å². The van der Waals surface area contributed by atoms with Gasteiger partial charge in [0.25, 0.3) is 0 Å². The lowest BCUT2D eigenvalue weighted by molar-refractivity contribution is 1.39. The number of aryl methyl sites for hydroxylation is 4. The minimum atomic E-state index is 1.08. The van der Waals surface area contributed by atoms with Gasteiger partial charge in [0.2, 0.25) is 0 Å². The van der Waals surface area contributed by atoms with Crippen LogP contribution >= 0.6 is 0 Å². The molecule has 0 radical (unpaired) electrons. The lowest BCUT2D eigenvalue weighted by Gasteiger charge is -2.14. The van der Waals surface area contributed by atoms with Gasteiger partial charge in [0.15, 0.2) is 0 Å². The molecule has 218 valence electrons. The summed E-state index contributed by atoms with van der Waals surface area (Å²) in [5.41, 5.74) is 12.1. The molecule has 0 aliphatic heterocycles. The summed E-state index contributed by atoms with van der Waals surface area (Å²) < 4.78 is 0. The molecule has 0 N–H and O–H groups in total. The molecule has 0 unspecified atom stereocenters. The molecule has 0 heteroatoms. The predicted molar refractivity (Wildman–Crippen MR) is 199 cm³/mol. The molecule has 0 spiro atoms. The zero-order valence-electron chi connectivity index (χ0n) is 26.7. The van der Waals surface area contributed by atoms with Crippen LogP contribution in [0.15, 0.2) is 133 Å². The monoisotopic (exact) mass is 586 g/mol. The van der Waals surface area contributed by atoms with E-state index in [1.807, 2.05) is 0 Å². The Balaban J connectivity index is 1.49. The summed E-state index contributed by atoms with van der Waals surface area (Å²) in [7, 11) is 0. The molecule has 0 bridgehead atoms. The molecule has 0 nitrogen and oxygen atoms in total. The highest BCUT2D eigenvalue weighted by Gasteiger charge is 2.15. The van der Waals surface area contributed by atoms with Crippen LogP contribution in [0.3, 0.4) is 0 Å². The fourth-order valence-corrected chi connectivity index (χ4v) is 7.37. The number of benzene rings is 8. The molecule has 8 rings (SSSR count). The quantitative estimate of drug-likeness (QED) is 0.140. The Hall–Kier alpha value is -5.64. The van der Waals surface area contributed by atoms with Crippen molar-refractivity contribution in [3.8, 4) is 34.1 Å². The largest absolute Gasteiger partial charge is 0.0616 e. The zero-order valence-corrected chi connectivity index (χ0v) is 26.7. The van der Waals surface area contributed by atoms with Crippen LogP contribution in [-0.4, -0.2) is 0 Å². The third kappa shape index (κ3) is 4.82. The molecule has 0 aliphatic rings. The van der Waals surface area contributed by atoms with Crippen molar-refractivity contribution in [3.63, 3.8) is 0 Å². The van der Waals surface area contributed by atoms with Crippen molar-refractivity contribution in [3.05, 3.63) is 167 Å². The number of rotatable bonds is 2. The maximum Gasteiger partial charge on any atom is 0.0412 e. The fraction of sp³-hybridized carbons (Fsp3) is 0.0870. The van der Waals surface area contributed by atoms with E-state index in [0.717, 1.165) is 11.1 Å². The van der Waals surface area contributed by atoms with E-state index in [1.165, 1.54) is 87.6 Å². The molecule has 0 atom stereocenters. The van der Waals surface area contributed by atoms with Gasteiger partial charge >= 0.3 is 0 Å². The van der Waals surface area contributed by atoms with Gasteiger partial charge in [0.05, 0.1) is 0 Å². The molecule has 46 heavy (non-hydrogen) atoms. The minimum absolute atomic E-state index is 1.08. The van der Waals surface area contributed by atoms with E-state index in [2.05, 4.69) is 173 Å². The average Bonchev–Trinajstić information content (AvgIpc) is 3.04. The van der Waals surface area contributed by atoms with Crippen LogP contribution in [0.1, 0.15) is 33.4 Å². The van der Waals surface area contributed by atoms with Gasteiger partial charge in [0.1, 0.15) is 0 Å². The Morgan fingerprint density at radius 2 is 0.717 bits per heavy atom. The van der Waals surface area contributed by atoms with Crippen molar-refractivity contribution in [1.82, 2.24) is 0 Å². The lowest BCUT2D eigenvalue weighted by atomic mass is 9.88. The van der Waals surface area contributed by atoms with E-state index in [-0.39, 0.29) is 0 Å². The second-order valence-corrected chi connectivity index (χ2v) is 12.8.